The van der Waals surface area contributed by atoms with Gasteiger partial charge in [0, 0.05) is 16.8 Å². The van der Waals surface area contributed by atoms with E-state index >= 15 is 0 Å². The second-order valence-corrected chi connectivity index (χ2v) is 8.88. The Morgan fingerprint density at radius 2 is 1.56 bits per heavy atom. The summed E-state index contributed by atoms with van der Waals surface area (Å²) in [7, 11) is -4.00. The SMILES string of the molecule is CCOc1ccc(S(=O)(=O)/N=C2\C=C(Nc3ccc(C)cc3)C(=O)c3ccccc32)cc1. The minimum atomic E-state index is -4.00. The zero-order chi connectivity index (χ0) is 22.7. The highest BCUT2D eigenvalue weighted by atomic mass is 32.2. The molecule has 0 atom stereocenters. The molecule has 0 aliphatic heterocycles. The summed E-state index contributed by atoms with van der Waals surface area (Å²) in [5.74, 6) is 0.357. The van der Waals surface area contributed by atoms with E-state index in [-0.39, 0.29) is 22.1 Å². The van der Waals surface area contributed by atoms with Gasteiger partial charge in [-0.05, 0) is 56.3 Å². The van der Waals surface area contributed by atoms with Crippen LogP contribution in [0.3, 0.4) is 0 Å². The van der Waals surface area contributed by atoms with E-state index in [0.717, 1.165) is 11.3 Å². The third-order valence-electron chi connectivity index (χ3n) is 4.96. The highest BCUT2D eigenvalue weighted by Gasteiger charge is 2.26. The fourth-order valence-corrected chi connectivity index (χ4v) is 4.34. The van der Waals surface area contributed by atoms with Crippen molar-refractivity contribution >= 4 is 27.2 Å². The zero-order valence-electron chi connectivity index (χ0n) is 17.7. The van der Waals surface area contributed by atoms with Gasteiger partial charge in [0.2, 0.25) is 5.78 Å². The maximum atomic E-state index is 13.0. The van der Waals surface area contributed by atoms with Crippen LogP contribution in [0.2, 0.25) is 0 Å². The largest absolute Gasteiger partial charge is 0.494 e. The lowest BCUT2D eigenvalue weighted by molar-refractivity contribution is 0.103. The van der Waals surface area contributed by atoms with Crippen molar-refractivity contribution in [1.29, 1.82) is 0 Å². The Labute approximate surface area is 187 Å². The van der Waals surface area contributed by atoms with E-state index in [1.807, 2.05) is 38.1 Å². The second kappa shape index (κ2) is 8.80. The Morgan fingerprint density at radius 1 is 0.906 bits per heavy atom. The van der Waals surface area contributed by atoms with E-state index < -0.39 is 10.0 Å². The van der Waals surface area contributed by atoms with E-state index in [1.54, 1.807) is 36.4 Å². The van der Waals surface area contributed by atoms with Gasteiger partial charge in [-0.2, -0.15) is 12.8 Å². The minimum absolute atomic E-state index is 0.0456. The molecule has 32 heavy (non-hydrogen) atoms. The molecular formula is C25H22N2O4S. The molecule has 4 rings (SSSR count). The number of benzene rings is 3. The molecule has 0 amide bonds. The molecule has 162 valence electrons. The molecule has 0 spiro atoms. The fourth-order valence-electron chi connectivity index (χ4n) is 3.35. The van der Waals surface area contributed by atoms with Crippen molar-refractivity contribution in [1.82, 2.24) is 0 Å². The Hall–Kier alpha value is -3.71. The number of rotatable bonds is 6. The highest BCUT2D eigenvalue weighted by molar-refractivity contribution is 7.90. The topological polar surface area (TPSA) is 84.8 Å². The van der Waals surface area contributed by atoms with Gasteiger partial charge < -0.3 is 10.1 Å². The third kappa shape index (κ3) is 4.48. The van der Waals surface area contributed by atoms with Gasteiger partial charge in [0.05, 0.1) is 22.9 Å². The van der Waals surface area contributed by atoms with Crippen LogP contribution in [0.5, 0.6) is 5.75 Å². The summed E-state index contributed by atoms with van der Waals surface area (Å²) in [5.41, 5.74) is 3.14. The Morgan fingerprint density at radius 3 is 2.22 bits per heavy atom. The lowest BCUT2D eigenvalue weighted by Gasteiger charge is -2.19. The summed E-state index contributed by atoms with van der Waals surface area (Å²) in [6, 6.07) is 20.5. The lowest BCUT2D eigenvalue weighted by atomic mass is 9.92. The van der Waals surface area contributed by atoms with Gasteiger partial charge in [-0.15, -0.1) is 0 Å². The van der Waals surface area contributed by atoms with Crippen molar-refractivity contribution in [3.8, 4) is 5.75 Å². The normalized spacial score (nSPS) is 14.6. The number of aryl methyl sites for hydroxylation is 1. The first-order valence-electron chi connectivity index (χ1n) is 10.1. The standard InChI is InChI=1S/C25H22N2O4S/c1-3-31-19-12-14-20(15-13-19)32(29,30)27-23-16-24(26-18-10-8-17(2)9-11-18)25(28)22-7-5-4-6-21(22)23/h4-16,26H,3H2,1-2H3/b27-23+. The van der Waals surface area contributed by atoms with Crippen LogP contribution in [-0.4, -0.2) is 26.5 Å². The number of carbonyl (C=O) groups excluding carboxylic acids is 1. The summed E-state index contributed by atoms with van der Waals surface area (Å²) in [6.07, 6.45) is 1.48. The lowest BCUT2D eigenvalue weighted by Crippen LogP contribution is -2.22. The average molecular weight is 447 g/mol. The monoisotopic (exact) mass is 446 g/mol. The van der Waals surface area contributed by atoms with E-state index in [1.165, 1.54) is 18.2 Å². The first kappa shape index (κ1) is 21.5. The van der Waals surface area contributed by atoms with E-state index in [4.69, 9.17) is 4.74 Å². The van der Waals surface area contributed by atoms with E-state index in [0.29, 0.717) is 23.5 Å². The average Bonchev–Trinajstić information content (AvgIpc) is 2.79. The molecule has 6 nitrogen and oxygen atoms in total. The van der Waals surface area contributed by atoms with Gasteiger partial charge in [-0.25, -0.2) is 0 Å². The number of sulfonamides is 1. The van der Waals surface area contributed by atoms with Gasteiger partial charge in [0.15, 0.2) is 0 Å². The number of anilines is 1. The summed E-state index contributed by atoms with van der Waals surface area (Å²) in [6.45, 7) is 4.31. The number of allylic oxidation sites excluding steroid dienone is 2. The van der Waals surface area contributed by atoms with Crippen molar-refractivity contribution in [3.63, 3.8) is 0 Å². The summed E-state index contributed by atoms with van der Waals surface area (Å²) < 4.78 is 35.4. The Bertz CT molecular complexity index is 1320. The molecule has 1 aliphatic carbocycles. The number of hydrogen-bond acceptors (Lipinski definition) is 5. The summed E-state index contributed by atoms with van der Waals surface area (Å²) >= 11 is 0. The Balaban J connectivity index is 1.75. The van der Waals surface area contributed by atoms with Gasteiger partial charge in [-0.3, -0.25) is 4.79 Å². The molecule has 0 saturated heterocycles. The number of ether oxygens (including phenoxy) is 1. The number of hydrogen-bond donors (Lipinski definition) is 1. The third-order valence-corrected chi connectivity index (χ3v) is 6.26. The molecule has 0 fully saturated rings. The number of nitrogens with one attached hydrogen (secondary N) is 1. The van der Waals surface area contributed by atoms with Crippen LogP contribution >= 0.6 is 0 Å². The molecule has 7 heteroatoms. The van der Waals surface area contributed by atoms with Gasteiger partial charge in [0.25, 0.3) is 10.0 Å². The van der Waals surface area contributed by atoms with Crippen LogP contribution in [0.15, 0.2) is 93.9 Å². The number of ketones is 1. The van der Waals surface area contributed by atoms with Crippen LogP contribution < -0.4 is 10.1 Å². The molecule has 0 radical (unpaired) electrons. The highest BCUT2D eigenvalue weighted by Crippen LogP contribution is 2.26. The molecule has 0 heterocycles. The molecule has 0 unspecified atom stereocenters. The minimum Gasteiger partial charge on any atom is -0.494 e. The first-order valence-corrected chi connectivity index (χ1v) is 11.6. The fraction of sp³-hybridized carbons (Fsp3) is 0.120. The molecular weight excluding hydrogens is 424 g/mol. The molecule has 0 saturated carbocycles. The van der Waals surface area contributed by atoms with Crippen LogP contribution in [0, 0.1) is 6.92 Å². The molecule has 1 N–H and O–H groups in total. The predicted octanol–water partition coefficient (Wildman–Crippen LogP) is 4.76. The molecule has 1 aliphatic rings. The van der Waals surface area contributed by atoms with Gasteiger partial charge >= 0.3 is 0 Å². The van der Waals surface area contributed by atoms with Crippen LogP contribution in [0.25, 0.3) is 0 Å². The molecule has 3 aromatic carbocycles. The van der Waals surface area contributed by atoms with Crippen molar-refractivity contribution in [2.75, 3.05) is 11.9 Å². The first-order chi connectivity index (χ1) is 15.4. The molecule has 3 aromatic rings. The van der Waals surface area contributed by atoms with Gasteiger partial charge in [-0.1, -0.05) is 42.0 Å². The quantitative estimate of drug-likeness (QED) is 0.590. The zero-order valence-corrected chi connectivity index (χ0v) is 18.5. The number of fused-ring (bicyclic) bond motifs is 1. The number of nitrogens with zero attached hydrogens (tertiary/aromatic N) is 1. The van der Waals surface area contributed by atoms with Crippen molar-refractivity contribution < 1.29 is 17.9 Å². The maximum Gasteiger partial charge on any atom is 0.282 e. The van der Waals surface area contributed by atoms with Crippen LogP contribution in [-0.2, 0) is 10.0 Å². The van der Waals surface area contributed by atoms with E-state index in [2.05, 4.69) is 9.71 Å². The molecule has 0 bridgehead atoms. The van der Waals surface area contributed by atoms with Gasteiger partial charge in [0.1, 0.15) is 5.75 Å². The summed E-state index contributed by atoms with van der Waals surface area (Å²) in [4.78, 5) is 13.1. The van der Waals surface area contributed by atoms with Crippen LogP contribution in [0.1, 0.15) is 28.4 Å². The molecule has 0 aromatic heterocycles. The van der Waals surface area contributed by atoms with Crippen molar-refractivity contribution in [2.45, 2.75) is 18.7 Å². The number of Topliss-reactive ketones (excluding diaryl/α,β-unsaturated/α-hetero) is 1. The second-order valence-electron chi connectivity index (χ2n) is 7.28. The van der Waals surface area contributed by atoms with Crippen molar-refractivity contribution in [2.24, 2.45) is 4.40 Å². The smallest absolute Gasteiger partial charge is 0.282 e. The Kier molecular flexibility index (Phi) is 5.92. The van der Waals surface area contributed by atoms with E-state index in [9.17, 15) is 13.2 Å². The number of carbonyl (C=O) groups is 1. The summed E-state index contributed by atoms with van der Waals surface area (Å²) in [5, 5.41) is 3.10. The van der Waals surface area contributed by atoms with Crippen LogP contribution in [0.4, 0.5) is 5.69 Å². The maximum absolute atomic E-state index is 13.0. The predicted molar refractivity (Wildman–Crippen MR) is 125 cm³/mol. The van der Waals surface area contributed by atoms with Crippen molar-refractivity contribution in [3.05, 3.63) is 101 Å².